The van der Waals surface area contributed by atoms with Crippen LogP contribution in [0.5, 0.6) is 0 Å². The fourth-order valence-corrected chi connectivity index (χ4v) is 2.21. The molecule has 0 aromatic carbocycles. The Kier molecular flexibility index (Phi) is 4.74. The minimum absolute atomic E-state index is 0.200. The fourth-order valence-electron chi connectivity index (χ4n) is 2.21. The maximum absolute atomic E-state index is 11.3. The summed E-state index contributed by atoms with van der Waals surface area (Å²) in [5.41, 5.74) is 5.78. The van der Waals surface area contributed by atoms with Crippen molar-refractivity contribution >= 4 is 5.91 Å². The lowest BCUT2D eigenvalue weighted by atomic mass is 9.93. The number of nitrogens with zero attached hydrogens (tertiary/aromatic N) is 1. The maximum atomic E-state index is 11.3. The Morgan fingerprint density at radius 2 is 2.25 bits per heavy atom. The van der Waals surface area contributed by atoms with Gasteiger partial charge in [0.25, 0.3) is 0 Å². The lowest BCUT2D eigenvalue weighted by Gasteiger charge is -2.24. The zero-order valence-corrected chi connectivity index (χ0v) is 10.8. The van der Waals surface area contributed by atoms with E-state index in [0.717, 1.165) is 32.6 Å². The van der Waals surface area contributed by atoms with Crippen LogP contribution in [0.2, 0.25) is 0 Å². The van der Waals surface area contributed by atoms with E-state index in [0.29, 0.717) is 5.41 Å². The Morgan fingerprint density at radius 1 is 1.56 bits per heavy atom. The van der Waals surface area contributed by atoms with Crippen molar-refractivity contribution < 1.29 is 4.79 Å². The molecule has 1 aliphatic heterocycles. The minimum atomic E-state index is -0.238. The topological polar surface area (TPSA) is 58.4 Å². The molecule has 0 bridgehead atoms. The second-order valence-electron chi connectivity index (χ2n) is 5.56. The van der Waals surface area contributed by atoms with Gasteiger partial charge in [-0.15, -0.1) is 0 Å². The number of primary amides is 1. The Hall–Kier alpha value is -0.610. The van der Waals surface area contributed by atoms with Gasteiger partial charge in [0.1, 0.15) is 0 Å². The molecule has 16 heavy (non-hydrogen) atoms. The third-order valence-corrected chi connectivity index (χ3v) is 3.18. The summed E-state index contributed by atoms with van der Waals surface area (Å²) in [4.78, 5) is 13.6. The van der Waals surface area contributed by atoms with Gasteiger partial charge in [-0.1, -0.05) is 20.8 Å². The normalized spacial score (nSPS) is 22.2. The number of rotatable bonds is 6. The predicted octanol–water partition coefficient (Wildman–Crippen LogP) is 0.572. The van der Waals surface area contributed by atoms with Crippen molar-refractivity contribution in [1.82, 2.24) is 10.2 Å². The van der Waals surface area contributed by atoms with E-state index in [1.807, 2.05) is 0 Å². The molecule has 1 heterocycles. The third-order valence-electron chi connectivity index (χ3n) is 3.18. The molecule has 0 aliphatic carbocycles. The highest BCUT2D eigenvalue weighted by Gasteiger charge is 2.31. The van der Waals surface area contributed by atoms with Crippen LogP contribution in [0.25, 0.3) is 0 Å². The molecule has 1 amide bonds. The van der Waals surface area contributed by atoms with Gasteiger partial charge in [-0.05, 0) is 31.3 Å². The summed E-state index contributed by atoms with van der Waals surface area (Å²) in [5.74, 6) is -0.238. The van der Waals surface area contributed by atoms with E-state index in [1.54, 1.807) is 0 Å². The Morgan fingerprint density at radius 3 is 2.69 bits per heavy atom. The Bertz CT molecular complexity index is 240. The molecule has 4 heteroatoms. The van der Waals surface area contributed by atoms with Crippen molar-refractivity contribution in [2.75, 3.05) is 26.2 Å². The average Bonchev–Trinajstić information content (AvgIpc) is 2.52. The fraction of sp³-hybridized carbons (Fsp3) is 0.917. The number of carbonyl (C=O) groups is 1. The van der Waals surface area contributed by atoms with Gasteiger partial charge >= 0.3 is 0 Å². The monoisotopic (exact) mass is 227 g/mol. The molecular formula is C12H25N3O. The molecule has 1 atom stereocenters. The molecule has 1 fully saturated rings. The van der Waals surface area contributed by atoms with Gasteiger partial charge in [-0.3, -0.25) is 4.79 Å². The van der Waals surface area contributed by atoms with Gasteiger partial charge in [-0.2, -0.15) is 0 Å². The van der Waals surface area contributed by atoms with Crippen LogP contribution in [-0.4, -0.2) is 43.0 Å². The minimum Gasteiger partial charge on any atom is -0.368 e. The first-order valence-electron chi connectivity index (χ1n) is 6.19. The molecule has 3 N–H and O–H groups in total. The highest BCUT2D eigenvalue weighted by atomic mass is 16.1. The van der Waals surface area contributed by atoms with E-state index in [4.69, 9.17) is 5.73 Å². The second-order valence-corrected chi connectivity index (χ2v) is 5.56. The number of hydrogen-bond acceptors (Lipinski definition) is 3. The lowest BCUT2D eigenvalue weighted by Crippen LogP contribution is -2.49. The van der Waals surface area contributed by atoms with E-state index >= 15 is 0 Å². The van der Waals surface area contributed by atoms with Crippen molar-refractivity contribution in [1.29, 1.82) is 0 Å². The summed E-state index contributed by atoms with van der Waals surface area (Å²) in [7, 11) is 0. The molecule has 1 saturated heterocycles. The quantitative estimate of drug-likeness (QED) is 0.697. The van der Waals surface area contributed by atoms with Gasteiger partial charge in [0.05, 0.1) is 6.04 Å². The average molecular weight is 227 g/mol. The Balaban J connectivity index is 2.40. The molecule has 1 rings (SSSR count). The maximum Gasteiger partial charge on any atom is 0.235 e. The number of amides is 1. The van der Waals surface area contributed by atoms with E-state index in [2.05, 4.69) is 31.0 Å². The van der Waals surface area contributed by atoms with Gasteiger partial charge in [0, 0.05) is 13.1 Å². The SMILES string of the molecule is CCCNC(CN1CCC(C)(C)C1)C(N)=O. The van der Waals surface area contributed by atoms with Crippen LogP contribution in [0.3, 0.4) is 0 Å². The van der Waals surface area contributed by atoms with Gasteiger partial charge in [0.15, 0.2) is 0 Å². The van der Waals surface area contributed by atoms with Crippen molar-refractivity contribution in [3.8, 4) is 0 Å². The highest BCUT2D eigenvalue weighted by Crippen LogP contribution is 2.28. The first-order valence-corrected chi connectivity index (χ1v) is 6.19. The number of likely N-dealkylation sites (tertiary alicyclic amines) is 1. The van der Waals surface area contributed by atoms with Crippen LogP contribution in [0.15, 0.2) is 0 Å². The Labute approximate surface area is 98.6 Å². The molecule has 1 aliphatic rings. The van der Waals surface area contributed by atoms with Crippen molar-refractivity contribution in [2.45, 2.75) is 39.7 Å². The zero-order chi connectivity index (χ0) is 12.2. The van der Waals surface area contributed by atoms with Gasteiger partial charge < -0.3 is 16.0 Å². The van der Waals surface area contributed by atoms with Gasteiger partial charge in [0.2, 0.25) is 5.91 Å². The van der Waals surface area contributed by atoms with Crippen LogP contribution >= 0.6 is 0 Å². The third kappa shape index (κ3) is 4.10. The standard InChI is InChI=1S/C12H25N3O/c1-4-6-14-10(11(13)16)8-15-7-5-12(2,3)9-15/h10,14H,4-9H2,1-3H3,(H2,13,16). The summed E-state index contributed by atoms with van der Waals surface area (Å²) in [6, 6.07) is -0.200. The van der Waals surface area contributed by atoms with E-state index in [-0.39, 0.29) is 11.9 Å². The summed E-state index contributed by atoms with van der Waals surface area (Å²) in [6.45, 7) is 10.4. The predicted molar refractivity (Wildman–Crippen MR) is 66.1 cm³/mol. The number of nitrogens with one attached hydrogen (secondary N) is 1. The molecule has 1 unspecified atom stereocenters. The first-order chi connectivity index (χ1) is 7.44. The molecule has 0 radical (unpaired) electrons. The molecule has 94 valence electrons. The largest absolute Gasteiger partial charge is 0.368 e. The number of hydrogen-bond donors (Lipinski definition) is 2. The summed E-state index contributed by atoms with van der Waals surface area (Å²) >= 11 is 0. The van der Waals surface area contributed by atoms with Crippen LogP contribution in [0.1, 0.15) is 33.6 Å². The zero-order valence-electron chi connectivity index (χ0n) is 10.8. The van der Waals surface area contributed by atoms with Crippen LogP contribution < -0.4 is 11.1 Å². The van der Waals surface area contributed by atoms with Crippen molar-refractivity contribution in [2.24, 2.45) is 11.1 Å². The summed E-state index contributed by atoms with van der Waals surface area (Å²) in [6.07, 6.45) is 2.22. The second kappa shape index (κ2) is 5.64. The molecule has 0 aromatic rings. The summed E-state index contributed by atoms with van der Waals surface area (Å²) in [5, 5.41) is 3.21. The smallest absolute Gasteiger partial charge is 0.235 e. The van der Waals surface area contributed by atoms with Crippen LogP contribution in [0.4, 0.5) is 0 Å². The molecule has 0 spiro atoms. The van der Waals surface area contributed by atoms with Crippen molar-refractivity contribution in [3.63, 3.8) is 0 Å². The van der Waals surface area contributed by atoms with E-state index in [9.17, 15) is 4.79 Å². The van der Waals surface area contributed by atoms with E-state index in [1.165, 1.54) is 6.42 Å². The molecule has 0 saturated carbocycles. The number of nitrogens with two attached hydrogens (primary N) is 1. The molecule has 0 aromatic heterocycles. The molecule has 4 nitrogen and oxygen atoms in total. The summed E-state index contributed by atoms with van der Waals surface area (Å²) < 4.78 is 0. The van der Waals surface area contributed by atoms with E-state index < -0.39 is 0 Å². The lowest BCUT2D eigenvalue weighted by molar-refractivity contribution is -0.120. The highest BCUT2D eigenvalue weighted by molar-refractivity contribution is 5.80. The van der Waals surface area contributed by atoms with Crippen LogP contribution in [0, 0.1) is 5.41 Å². The van der Waals surface area contributed by atoms with Gasteiger partial charge in [-0.25, -0.2) is 0 Å². The first kappa shape index (κ1) is 13.5. The molecular weight excluding hydrogens is 202 g/mol. The number of carbonyl (C=O) groups excluding carboxylic acids is 1. The van der Waals surface area contributed by atoms with Crippen LogP contribution in [-0.2, 0) is 4.79 Å². The van der Waals surface area contributed by atoms with Crippen molar-refractivity contribution in [3.05, 3.63) is 0 Å².